The van der Waals surface area contributed by atoms with Gasteiger partial charge in [0.15, 0.2) is 0 Å². The summed E-state index contributed by atoms with van der Waals surface area (Å²) in [5.74, 6) is -2.05. The molecule has 0 saturated carbocycles. The van der Waals surface area contributed by atoms with Crippen molar-refractivity contribution in [3.05, 3.63) is 113 Å². The Balaban J connectivity index is 1.59. The molecule has 1 N–H and O–H groups in total. The monoisotopic (exact) mass is 506 g/mol. The standard InChI is InChI=1S/C30H22N2O6/c1-18-11-13-21(14-12-18)32-28(34)25(27(33)31(30(32)37)20-7-4-3-5-8-20)17-22-15-16-26(38-22)23-9-6-10-24(19(23)2)29(35)36/h3-17H,1-2H3,(H,35,36)/b25-17+. The molecule has 1 fully saturated rings. The first-order chi connectivity index (χ1) is 18.3. The molecule has 0 unspecified atom stereocenters. The summed E-state index contributed by atoms with van der Waals surface area (Å²) in [5.41, 5.74) is 2.56. The number of carbonyl (C=O) groups is 4. The second kappa shape index (κ2) is 9.67. The molecule has 0 radical (unpaired) electrons. The number of aromatic carboxylic acids is 1. The Bertz CT molecular complexity index is 1620. The summed E-state index contributed by atoms with van der Waals surface area (Å²) >= 11 is 0. The Hall–Kier alpha value is -5.24. The highest BCUT2D eigenvalue weighted by Gasteiger charge is 2.43. The van der Waals surface area contributed by atoms with Crippen LogP contribution >= 0.6 is 0 Å². The molecule has 38 heavy (non-hydrogen) atoms. The SMILES string of the molecule is Cc1ccc(N2C(=O)/C(=C/c3ccc(-c4cccc(C(=O)O)c4C)o3)C(=O)N(c3ccccc3)C2=O)cc1. The van der Waals surface area contributed by atoms with E-state index in [0.29, 0.717) is 28.3 Å². The van der Waals surface area contributed by atoms with Gasteiger partial charge in [-0.25, -0.2) is 19.4 Å². The average Bonchev–Trinajstić information content (AvgIpc) is 3.37. The van der Waals surface area contributed by atoms with Crippen molar-refractivity contribution >= 4 is 41.3 Å². The van der Waals surface area contributed by atoms with E-state index >= 15 is 0 Å². The summed E-state index contributed by atoms with van der Waals surface area (Å²) in [4.78, 5) is 54.0. The van der Waals surface area contributed by atoms with E-state index in [1.807, 2.05) is 6.92 Å². The predicted octanol–water partition coefficient (Wildman–Crippen LogP) is 5.85. The first-order valence-electron chi connectivity index (χ1n) is 11.8. The molecule has 188 valence electrons. The summed E-state index contributed by atoms with van der Waals surface area (Å²) in [7, 11) is 0. The van der Waals surface area contributed by atoms with E-state index in [9.17, 15) is 24.3 Å². The number of carboxylic acids is 1. The number of carboxylic acid groups (broad SMARTS) is 1. The number of imide groups is 2. The molecule has 8 nitrogen and oxygen atoms in total. The molecule has 4 aromatic rings. The highest BCUT2D eigenvalue weighted by atomic mass is 16.4. The number of hydrogen-bond acceptors (Lipinski definition) is 5. The third kappa shape index (κ3) is 4.28. The lowest BCUT2D eigenvalue weighted by atomic mass is 10.0. The van der Waals surface area contributed by atoms with Crippen LogP contribution in [0, 0.1) is 13.8 Å². The molecule has 0 aliphatic carbocycles. The maximum atomic E-state index is 13.5. The van der Waals surface area contributed by atoms with Gasteiger partial charge >= 0.3 is 12.0 Å². The second-order valence-corrected chi connectivity index (χ2v) is 8.78. The molecule has 2 heterocycles. The number of urea groups is 1. The first-order valence-corrected chi connectivity index (χ1v) is 11.8. The molecule has 8 heteroatoms. The summed E-state index contributed by atoms with van der Waals surface area (Å²) in [5, 5.41) is 9.44. The van der Waals surface area contributed by atoms with Crippen LogP contribution in [0.1, 0.15) is 27.2 Å². The van der Waals surface area contributed by atoms with Crippen LogP contribution < -0.4 is 9.80 Å². The molecule has 5 rings (SSSR count). The minimum Gasteiger partial charge on any atom is -0.478 e. The summed E-state index contributed by atoms with van der Waals surface area (Å²) in [6.07, 6.45) is 1.30. The van der Waals surface area contributed by atoms with Crippen molar-refractivity contribution in [3.8, 4) is 11.3 Å². The lowest BCUT2D eigenvalue weighted by molar-refractivity contribution is -0.121. The molecule has 0 bridgehead atoms. The van der Waals surface area contributed by atoms with Crippen LogP contribution in [-0.4, -0.2) is 28.9 Å². The van der Waals surface area contributed by atoms with Crippen molar-refractivity contribution in [1.29, 1.82) is 0 Å². The minimum atomic E-state index is -1.06. The average molecular weight is 507 g/mol. The second-order valence-electron chi connectivity index (χ2n) is 8.78. The lowest BCUT2D eigenvalue weighted by Crippen LogP contribution is -2.57. The number of furan rings is 1. The number of rotatable bonds is 5. The lowest BCUT2D eigenvalue weighted by Gasteiger charge is -2.33. The Morgan fingerprint density at radius 2 is 1.39 bits per heavy atom. The van der Waals surface area contributed by atoms with Crippen LogP contribution in [0.4, 0.5) is 16.2 Å². The maximum Gasteiger partial charge on any atom is 0.343 e. The van der Waals surface area contributed by atoms with Gasteiger partial charge in [0, 0.05) is 5.56 Å². The molecule has 1 aliphatic heterocycles. The third-order valence-electron chi connectivity index (χ3n) is 6.30. The van der Waals surface area contributed by atoms with Gasteiger partial charge in [0.25, 0.3) is 11.8 Å². The molecule has 1 aromatic heterocycles. The van der Waals surface area contributed by atoms with Crippen LogP contribution in [0.25, 0.3) is 17.4 Å². The van der Waals surface area contributed by atoms with Crippen molar-refractivity contribution in [3.63, 3.8) is 0 Å². The van der Waals surface area contributed by atoms with E-state index in [-0.39, 0.29) is 16.9 Å². The number of benzene rings is 3. The molecule has 4 amide bonds. The van der Waals surface area contributed by atoms with Gasteiger partial charge in [0.05, 0.1) is 16.9 Å². The maximum absolute atomic E-state index is 13.5. The molecule has 1 aliphatic rings. The van der Waals surface area contributed by atoms with Gasteiger partial charge in [-0.2, -0.15) is 0 Å². The molecule has 0 atom stereocenters. The van der Waals surface area contributed by atoms with Crippen molar-refractivity contribution < 1.29 is 28.7 Å². The summed E-state index contributed by atoms with van der Waals surface area (Å²) in [6, 6.07) is 22.5. The van der Waals surface area contributed by atoms with Crippen LogP contribution in [0.2, 0.25) is 0 Å². The Kier molecular flexibility index (Phi) is 6.22. The van der Waals surface area contributed by atoms with Gasteiger partial charge in [-0.3, -0.25) is 9.59 Å². The molecule has 3 aromatic carbocycles. The Morgan fingerprint density at radius 3 is 2.03 bits per heavy atom. The van der Waals surface area contributed by atoms with Gasteiger partial charge in [-0.15, -0.1) is 0 Å². The zero-order chi connectivity index (χ0) is 27.0. The van der Waals surface area contributed by atoms with Crippen LogP contribution in [0.15, 0.2) is 94.9 Å². The number of barbiturate groups is 1. The molecule has 1 saturated heterocycles. The van der Waals surface area contributed by atoms with Crippen LogP contribution in [-0.2, 0) is 9.59 Å². The first kappa shape index (κ1) is 24.5. The van der Waals surface area contributed by atoms with Crippen molar-refractivity contribution in [2.24, 2.45) is 0 Å². The third-order valence-corrected chi connectivity index (χ3v) is 6.30. The molecule has 0 spiro atoms. The van der Waals surface area contributed by atoms with Crippen molar-refractivity contribution in [1.82, 2.24) is 0 Å². The quantitative estimate of drug-likeness (QED) is 0.269. The van der Waals surface area contributed by atoms with Gasteiger partial charge in [0.1, 0.15) is 17.1 Å². The fraction of sp³-hybridized carbons (Fsp3) is 0.0667. The van der Waals surface area contributed by atoms with E-state index in [1.54, 1.807) is 85.8 Å². The zero-order valence-electron chi connectivity index (χ0n) is 20.5. The van der Waals surface area contributed by atoms with Crippen LogP contribution in [0.3, 0.4) is 0 Å². The largest absolute Gasteiger partial charge is 0.478 e. The number of para-hydroxylation sites is 1. The Labute approximate surface area is 218 Å². The fourth-order valence-electron chi connectivity index (χ4n) is 4.31. The number of anilines is 2. The number of aryl methyl sites for hydroxylation is 1. The van der Waals surface area contributed by atoms with E-state index in [0.717, 1.165) is 15.4 Å². The molecular formula is C30H22N2O6. The Morgan fingerprint density at radius 1 is 0.763 bits per heavy atom. The normalized spacial score (nSPS) is 14.9. The van der Waals surface area contributed by atoms with Crippen molar-refractivity contribution in [2.45, 2.75) is 13.8 Å². The van der Waals surface area contributed by atoms with E-state index < -0.39 is 23.8 Å². The van der Waals surface area contributed by atoms with E-state index in [4.69, 9.17) is 4.42 Å². The highest BCUT2D eigenvalue weighted by Crippen LogP contribution is 2.32. The number of hydrogen-bond donors (Lipinski definition) is 1. The van der Waals surface area contributed by atoms with Crippen molar-refractivity contribution in [2.75, 3.05) is 9.80 Å². The fourth-order valence-corrected chi connectivity index (χ4v) is 4.31. The van der Waals surface area contributed by atoms with E-state index in [2.05, 4.69) is 0 Å². The van der Waals surface area contributed by atoms with Gasteiger partial charge in [0.2, 0.25) is 0 Å². The summed E-state index contributed by atoms with van der Waals surface area (Å²) in [6.45, 7) is 3.56. The highest BCUT2D eigenvalue weighted by molar-refractivity contribution is 6.46. The minimum absolute atomic E-state index is 0.141. The van der Waals surface area contributed by atoms with E-state index in [1.165, 1.54) is 12.1 Å². The number of carbonyl (C=O) groups excluding carboxylic acids is 3. The topological polar surface area (TPSA) is 108 Å². The van der Waals surface area contributed by atoms with Gasteiger partial charge < -0.3 is 9.52 Å². The van der Waals surface area contributed by atoms with Gasteiger partial charge in [-0.1, -0.05) is 48.0 Å². The van der Waals surface area contributed by atoms with Gasteiger partial charge in [-0.05, 0) is 68.0 Å². The smallest absolute Gasteiger partial charge is 0.343 e. The number of nitrogens with zero attached hydrogens (tertiary/aromatic N) is 2. The molecular weight excluding hydrogens is 484 g/mol. The zero-order valence-corrected chi connectivity index (χ0v) is 20.5. The number of amides is 4. The summed E-state index contributed by atoms with van der Waals surface area (Å²) < 4.78 is 5.91. The van der Waals surface area contributed by atoms with Crippen LogP contribution in [0.5, 0.6) is 0 Å². The predicted molar refractivity (Wildman–Crippen MR) is 142 cm³/mol.